The third kappa shape index (κ3) is 3.03. The fourth-order valence-corrected chi connectivity index (χ4v) is 1.61. The van der Waals surface area contributed by atoms with Gasteiger partial charge in [0.1, 0.15) is 6.29 Å². The van der Waals surface area contributed by atoms with Gasteiger partial charge in [-0.25, -0.2) is 0 Å². The van der Waals surface area contributed by atoms with E-state index in [0.717, 1.165) is 12.3 Å². The Kier molecular flexibility index (Phi) is 3.37. The zero-order chi connectivity index (χ0) is 12.3. The molecule has 1 aliphatic carbocycles. The fraction of sp³-hybridized carbons (Fsp3) is 0.417. The summed E-state index contributed by atoms with van der Waals surface area (Å²) in [5, 5.41) is 10.8. The highest BCUT2D eigenvalue weighted by Crippen LogP contribution is 2.33. The average Bonchev–Trinajstić information content (AvgIpc) is 3.13. The number of rotatable bonds is 6. The van der Waals surface area contributed by atoms with Crippen LogP contribution in [0.2, 0.25) is 0 Å². The smallest absolute Gasteiger partial charge is 0.311 e. The van der Waals surface area contributed by atoms with E-state index in [-0.39, 0.29) is 17.0 Å². The van der Waals surface area contributed by atoms with Crippen LogP contribution in [-0.4, -0.2) is 17.8 Å². The number of nitro groups is 1. The molecule has 0 unspecified atom stereocenters. The topological polar surface area (TPSA) is 69.4 Å². The lowest BCUT2D eigenvalue weighted by atomic mass is 10.2. The minimum absolute atomic E-state index is 0.148. The molecule has 5 nitrogen and oxygen atoms in total. The molecule has 0 heterocycles. The molecule has 0 bridgehead atoms. The molecule has 17 heavy (non-hydrogen) atoms. The molecule has 1 aliphatic rings. The molecule has 2 rings (SSSR count). The molecule has 1 aromatic rings. The molecule has 1 fully saturated rings. The summed E-state index contributed by atoms with van der Waals surface area (Å²) in [6, 6.07) is 4.24. The molecule has 1 aromatic carbocycles. The van der Waals surface area contributed by atoms with E-state index in [0.29, 0.717) is 12.9 Å². The zero-order valence-corrected chi connectivity index (χ0v) is 9.30. The Hall–Kier alpha value is -1.91. The Bertz CT molecular complexity index is 440. The maximum atomic E-state index is 10.8. The van der Waals surface area contributed by atoms with Gasteiger partial charge in [0.2, 0.25) is 0 Å². The van der Waals surface area contributed by atoms with Crippen molar-refractivity contribution in [2.45, 2.75) is 19.3 Å². The first-order valence-corrected chi connectivity index (χ1v) is 5.57. The van der Waals surface area contributed by atoms with Crippen LogP contribution < -0.4 is 4.74 Å². The number of ether oxygens (including phenoxy) is 1. The summed E-state index contributed by atoms with van der Waals surface area (Å²) in [7, 11) is 0. The van der Waals surface area contributed by atoms with Crippen molar-refractivity contribution >= 4 is 12.0 Å². The summed E-state index contributed by atoms with van der Waals surface area (Å²) < 4.78 is 5.39. The lowest BCUT2D eigenvalue weighted by Gasteiger charge is -2.06. The van der Waals surface area contributed by atoms with Gasteiger partial charge in [-0.15, -0.1) is 0 Å². The van der Waals surface area contributed by atoms with Crippen LogP contribution in [0, 0.1) is 16.0 Å². The highest BCUT2D eigenvalue weighted by molar-refractivity contribution is 5.77. The molecule has 0 saturated heterocycles. The van der Waals surface area contributed by atoms with Gasteiger partial charge in [-0.2, -0.15) is 0 Å². The number of hydrogen-bond acceptors (Lipinski definition) is 4. The van der Waals surface area contributed by atoms with Crippen LogP contribution in [0.5, 0.6) is 5.75 Å². The van der Waals surface area contributed by atoms with Crippen molar-refractivity contribution in [3.63, 3.8) is 0 Å². The van der Waals surface area contributed by atoms with E-state index in [1.54, 1.807) is 0 Å². The van der Waals surface area contributed by atoms with E-state index >= 15 is 0 Å². The van der Waals surface area contributed by atoms with Gasteiger partial charge >= 0.3 is 5.69 Å². The normalized spacial score (nSPS) is 14.4. The van der Waals surface area contributed by atoms with Gasteiger partial charge < -0.3 is 4.74 Å². The van der Waals surface area contributed by atoms with Gasteiger partial charge in [0.25, 0.3) is 0 Å². The summed E-state index contributed by atoms with van der Waals surface area (Å²) in [5.74, 6) is 0.963. The second-order valence-corrected chi connectivity index (χ2v) is 4.18. The number of carbonyl (C=O) groups is 1. The zero-order valence-electron chi connectivity index (χ0n) is 9.30. The van der Waals surface area contributed by atoms with Crippen LogP contribution in [0.1, 0.15) is 29.6 Å². The van der Waals surface area contributed by atoms with Crippen molar-refractivity contribution in [2.75, 3.05) is 6.61 Å². The third-order valence-corrected chi connectivity index (χ3v) is 2.80. The number of carbonyl (C=O) groups excluding carboxylic acids is 1. The van der Waals surface area contributed by atoms with Crippen LogP contribution in [0.4, 0.5) is 5.69 Å². The van der Waals surface area contributed by atoms with E-state index in [2.05, 4.69) is 0 Å². The molecule has 5 heteroatoms. The maximum absolute atomic E-state index is 10.8. The van der Waals surface area contributed by atoms with Gasteiger partial charge in [0, 0.05) is 11.6 Å². The van der Waals surface area contributed by atoms with Crippen LogP contribution in [-0.2, 0) is 0 Å². The largest absolute Gasteiger partial charge is 0.487 e. The van der Waals surface area contributed by atoms with Crippen molar-refractivity contribution in [2.24, 2.45) is 5.92 Å². The molecule has 0 atom stereocenters. The number of nitro benzene ring substituents is 1. The van der Waals surface area contributed by atoms with E-state index in [1.165, 1.54) is 31.0 Å². The Morgan fingerprint density at radius 1 is 1.47 bits per heavy atom. The summed E-state index contributed by atoms with van der Waals surface area (Å²) in [6.45, 7) is 0.492. The summed E-state index contributed by atoms with van der Waals surface area (Å²) in [5.41, 5.74) is 0.136. The average molecular weight is 235 g/mol. The standard InChI is InChI=1S/C12H13NO4/c14-8-10-3-4-12(11(7-10)13(15)16)17-6-5-9-1-2-9/h3-4,7-9H,1-2,5-6H2. The molecule has 0 amide bonds. The van der Waals surface area contributed by atoms with Crippen LogP contribution >= 0.6 is 0 Å². The Balaban J connectivity index is 2.07. The van der Waals surface area contributed by atoms with Crippen molar-refractivity contribution in [1.29, 1.82) is 0 Å². The minimum Gasteiger partial charge on any atom is -0.487 e. The molecule has 0 spiro atoms. The van der Waals surface area contributed by atoms with Crippen LogP contribution in [0.3, 0.4) is 0 Å². The van der Waals surface area contributed by atoms with Gasteiger partial charge in [0.05, 0.1) is 11.5 Å². The van der Waals surface area contributed by atoms with Gasteiger partial charge in [-0.1, -0.05) is 12.8 Å². The molecule has 1 saturated carbocycles. The Morgan fingerprint density at radius 2 is 2.24 bits per heavy atom. The molecule has 0 N–H and O–H groups in total. The minimum atomic E-state index is -0.528. The SMILES string of the molecule is O=Cc1ccc(OCCC2CC2)c([N+](=O)[O-])c1. The predicted molar refractivity (Wildman–Crippen MR) is 61.3 cm³/mol. The van der Waals surface area contributed by atoms with E-state index in [1.807, 2.05) is 0 Å². The second-order valence-electron chi connectivity index (χ2n) is 4.18. The van der Waals surface area contributed by atoms with Gasteiger partial charge in [-0.3, -0.25) is 14.9 Å². The number of hydrogen-bond donors (Lipinski definition) is 0. The highest BCUT2D eigenvalue weighted by atomic mass is 16.6. The number of nitrogens with zero attached hydrogens (tertiary/aromatic N) is 1. The van der Waals surface area contributed by atoms with Crippen molar-refractivity contribution < 1.29 is 14.5 Å². The Labute approximate surface area is 98.5 Å². The monoisotopic (exact) mass is 235 g/mol. The quantitative estimate of drug-likeness (QED) is 0.431. The molecular weight excluding hydrogens is 222 g/mol. The van der Waals surface area contributed by atoms with E-state index in [9.17, 15) is 14.9 Å². The third-order valence-electron chi connectivity index (χ3n) is 2.80. The first-order chi connectivity index (χ1) is 8.20. The van der Waals surface area contributed by atoms with E-state index in [4.69, 9.17) is 4.74 Å². The van der Waals surface area contributed by atoms with Crippen molar-refractivity contribution in [1.82, 2.24) is 0 Å². The fourth-order valence-electron chi connectivity index (χ4n) is 1.61. The lowest BCUT2D eigenvalue weighted by molar-refractivity contribution is -0.385. The maximum Gasteiger partial charge on any atom is 0.311 e. The number of benzene rings is 1. The molecule has 0 aromatic heterocycles. The molecular formula is C12H13NO4. The molecule has 90 valence electrons. The predicted octanol–water partition coefficient (Wildman–Crippen LogP) is 2.59. The summed E-state index contributed by atoms with van der Waals surface area (Å²) in [6.07, 6.45) is 3.98. The Morgan fingerprint density at radius 3 is 2.82 bits per heavy atom. The van der Waals surface area contributed by atoms with Crippen molar-refractivity contribution in [3.8, 4) is 5.75 Å². The second kappa shape index (κ2) is 4.95. The summed E-state index contributed by atoms with van der Waals surface area (Å²) >= 11 is 0. The summed E-state index contributed by atoms with van der Waals surface area (Å²) in [4.78, 5) is 20.8. The highest BCUT2D eigenvalue weighted by Gasteiger charge is 2.22. The van der Waals surface area contributed by atoms with Gasteiger partial charge in [-0.05, 0) is 24.5 Å². The first-order valence-electron chi connectivity index (χ1n) is 5.57. The van der Waals surface area contributed by atoms with E-state index < -0.39 is 4.92 Å². The number of aldehydes is 1. The van der Waals surface area contributed by atoms with Gasteiger partial charge in [0.15, 0.2) is 5.75 Å². The van der Waals surface area contributed by atoms with Crippen molar-refractivity contribution in [3.05, 3.63) is 33.9 Å². The lowest BCUT2D eigenvalue weighted by Crippen LogP contribution is -2.01. The van der Waals surface area contributed by atoms with Crippen LogP contribution in [0.15, 0.2) is 18.2 Å². The molecule has 0 aliphatic heterocycles. The molecule has 0 radical (unpaired) electrons. The van der Waals surface area contributed by atoms with Crippen LogP contribution in [0.25, 0.3) is 0 Å². The first kappa shape index (κ1) is 11.6.